The van der Waals surface area contributed by atoms with E-state index in [2.05, 4.69) is 22.5 Å². The SMILES string of the molecule is O=C(NCCCc1ccccc1)c1ccc(-n2nc(OCc3cccc(F)c3)ccc2=O)cc1. The Morgan fingerprint density at radius 3 is 2.44 bits per heavy atom. The van der Waals surface area contributed by atoms with Crippen LogP contribution in [-0.2, 0) is 13.0 Å². The largest absolute Gasteiger partial charge is 0.472 e. The molecule has 0 saturated carbocycles. The molecule has 4 aromatic rings. The third kappa shape index (κ3) is 6.16. The quantitative estimate of drug-likeness (QED) is 0.380. The molecule has 0 saturated heterocycles. The molecule has 0 aliphatic heterocycles. The van der Waals surface area contributed by atoms with Crippen molar-refractivity contribution in [2.24, 2.45) is 0 Å². The van der Waals surface area contributed by atoms with Gasteiger partial charge in [-0.15, -0.1) is 5.10 Å². The Bertz CT molecular complexity index is 1300. The molecule has 4 rings (SSSR count). The molecule has 3 aromatic carbocycles. The minimum absolute atomic E-state index is 0.117. The van der Waals surface area contributed by atoms with E-state index < -0.39 is 0 Å². The number of ether oxygens (including phenoxy) is 1. The Hall–Kier alpha value is -4.26. The maximum atomic E-state index is 13.3. The van der Waals surface area contributed by atoms with E-state index in [-0.39, 0.29) is 29.8 Å². The van der Waals surface area contributed by atoms with Gasteiger partial charge in [0.25, 0.3) is 11.5 Å². The lowest BCUT2D eigenvalue weighted by atomic mass is 10.1. The molecule has 0 spiro atoms. The molecule has 172 valence electrons. The first kappa shape index (κ1) is 22.9. The molecule has 0 aliphatic carbocycles. The molecule has 1 heterocycles. The van der Waals surface area contributed by atoms with E-state index in [1.165, 1.54) is 34.5 Å². The van der Waals surface area contributed by atoms with E-state index >= 15 is 0 Å². The van der Waals surface area contributed by atoms with Crippen LogP contribution in [0.25, 0.3) is 5.69 Å². The van der Waals surface area contributed by atoms with Crippen LogP contribution < -0.4 is 15.6 Å². The lowest BCUT2D eigenvalue weighted by Crippen LogP contribution is -2.25. The van der Waals surface area contributed by atoms with Crippen LogP contribution in [0.1, 0.15) is 27.9 Å². The van der Waals surface area contributed by atoms with Crippen molar-refractivity contribution in [3.63, 3.8) is 0 Å². The van der Waals surface area contributed by atoms with Crippen LogP contribution in [0.2, 0.25) is 0 Å². The van der Waals surface area contributed by atoms with Crippen molar-refractivity contribution < 1.29 is 13.9 Å². The molecule has 0 bridgehead atoms. The third-order valence-corrected chi connectivity index (χ3v) is 5.20. The minimum atomic E-state index is -0.348. The van der Waals surface area contributed by atoms with E-state index in [1.54, 1.807) is 36.4 Å². The topological polar surface area (TPSA) is 73.2 Å². The van der Waals surface area contributed by atoms with Crippen LogP contribution in [-0.4, -0.2) is 22.2 Å². The average molecular weight is 458 g/mol. The van der Waals surface area contributed by atoms with Crippen molar-refractivity contribution >= 4 is 5.91 Å². The summed E-state index contributed by atoms with van der Waals surface area (Å²) in [6, 6.07) is 25.6. The van der Waals surface area contributed by atoms with Gasteiger partial charge < -0.3 is 10.1 Å². The van der Waals surface area contributed by atoms with Crippen molar-refractivity contribution in [3.05, 3.63) is 124 Å². The molecule has 1 N–H and O–H groups in total. The fraction of sp³-hybridized carbons (Fsp3) is 0.148. The molecule has 0 unspecified atom stereocenters. The average Bonchev–Trinajstić information content (AvgIpc) is 2.87. The van der Waals surface area contributed by atoms with Gasteiger partial charge in [0.15, 0.2) is 0 Å². The summed E-state index contributed by atoms with van der Waals surface area (Å²) in [7, 11) is 0. The first-order valence-electron chi connectivity index (χ1n) is 11.0. The molecule has 1 amide bonds. The molecular formula is C27H24FN3O3. The number of halogens is 1. The van der Waals surface area contributed by atoms with Crippen LogP contribution in [0.15, 0.2) is 95.8 Å². The highest BCUT2D eigenvalue weighted by molar-refractivity contribution is 5.94. The second-order valence-electron chi connectivity index (χ2n) is 7.73. The Kier molecular flexibility index (Phi) is 7.45. The number of hydrogen-bond acceptors (Lipinski definition) is 4. The van der Waals surface area contributed by atoms with E-state index in [9.17, 15) is 14.0 Å². The zero-order valence-corrected chi connectivity index (χ0v) is 18.5. The first-order chi connectivity index (χ1) is 16.6. The predicted octanol–water partition coefficient (Wildman–Crippen LogP) is 4.31. The standard InChI is InChI=1S/C27H24FN3O3/c28-23-10-4-8-21(18-23)19-34-25-15-16-26(32)31(30-25)24-13-11-22(12-14-24)27(33)29-17-5-9-20-6-2-1-3-7-20/h1-4,6-8,10-16,18H,5,9,17,19H2,(H,29,33). The summed E-state index contributed by atoms with van der Waals surface area (Å²) < 4.78 is 20.1. The number of hydrogen-bond donors (Lipinski definition) is 1. The second-order valence-corrected chi connectivity index (χ2v) is 7.73. The molecule has 0 radical (unpaired) electrons. The normalized spacial score (nSPS) is 10.6. The number of nitrogens with one attached hydrogen (secondary N) is 1. The van der Waals surface area contributed by atoms with Gasteiger partial charge in [0.05, 0.1) is 5.69 Å². The number of nitrogens with zero attached hydrogens (tertiary/aromatic N) is 2. The van der Waals surface area contributed by atoms with Crippen LogP contribution in [0.4, 0.5) is 4.39 Å². The van der Waals surface area contributed by atoms with Gasteiger partial charge in [0.1, 0.15) is 12.4 Å². The Morgan fingerprint density at radius 2 is 1.68 bits per heavy atom. The van der Waals surface area contributed by atoms with Crippen molar-refractivity contribution in [2.45, 2.75) is 19.4 Å². The summed E-state index contributed by atoms with van der Waals surface area (Å²) in [5, 5.41) is 7.15. The van der Waals surface area contributed by atoms with Crippen LogP contribution in [0.5, 0.6) is 5.88 Å². The molecule has 0 atom stereocenters. The van der Waals surface area contributed by atoms with Gasteiger partial charge in [-0.3, -0.25) is 9.59 Å². The fourth-order valence-electron chi connectivity index (χ4n) is 3.44. The van der Waals surface area contributed by atoms with Gasteiger partial charge in [-0.25, -0.2) is 4.39 Å². The lowest BCUT2D eigenvalue weighted by Gasteiger charge is -2.10. The van der Waals surface area contributed by atoms with Crippen molar-refractivity contribution in [1.82, 2.24) is 15.1 Å². The lowest BCUT2D eigenvalue weighted by molar-refractivity contribution is 0.0953. The first-order valence-corrected chi connectivity index (χ1v) is 11.0. The summed E-state index contributed by atoms with van der Waals surface area (Å²) in [6.07, 6.45) is 1.74. The van der Waals surface area contributed by atoms with Gasteiger partial charge in [0.2, 0.25) is 5.88 Å². The highest BCUT2D eigenvalue weighted by atomic mass is 19.1. The van der Waals surface area contributed by atoms with Crippen molar-refractivity contribution in [2.75, 3.05) is 6.54 Å². The fourth-order valence-corrected chi connectivity index (χ4v) is 3.44. The van der Waals surface area contributed by atoms with Gasteiger partial charge in [-0.2, -0.15) is 4.68 Å². The maximum absolute atomic E-state index is 13.3. The van der Waals surface area contributed by atoms with Gasteiger partial charge in [-0.1, -0.05) is 42.5 Å². The van der Waals surface area contributed by atoms with Gasteiger partial charge in [-0.05, 0) is 60.4 Å². The molecule has 7 heteroatoms. The van der Waals surface area contributed by atoms with E-state index in [1.807, 2.05) is 18.2 Å². The van der Waals surface area contributed by atoms with E-state index in [0.29, 0.717) is 23.4 Å². The maximum Gasteiger partial charge on any atom is 0.271 e. The third-order valence-electron chi connectivity index (χ3n) is 5.20. The predicted molar refractivity (Wildman–Crippen MR) is 128 cm³/mol. The molecule has 0 fully saturated rings. The summed E-state index contributed by atoms with van der Waals surface area (Å²) in [5.74, 6) is -0.296. The van der Waals surface area contributed by atoms with E-state index in [4.69, 9.17) is 4.74 Å². The molecular weight excluding hydrogens is 433 g/mol. The molecule has 6 nitrogen and oxygen atoms in total. The number of benzene rings is 3. The van der Waals surface area contributed by atoms with Gasteiger partial charge >= 0.3 is 0 Å². The smallest absolute Gasteiger partial charge is 0.271 e. The number of carbonyl (C=O) groups is 1. The highest BCUT2D eigenvalue weighted by Crippen LogP contribution is 2.12. The zero-order valence-electron chi connectivity index (χ0n) is 18.5. The van der Waals surface area contributed by atoms with Crippen molar-refractivity contribution in [3.8, 4) is 11.6 Å². The second kappa shape index (κ2) is 11.0. The monoisotopic (exact) mass is 457 g/mol. The minimum Gasteiger partial charge on any atom is -0.472 e. The summed E-state index contributed by atoms with van der Waals surface area (Å²) in [5.41, 5.74) is 2.55. The van der Waals surface area contributed by atoms with Crippen LogP contribution in [0.3, 0.4) is 0 Å². The van der Waals surface area contributed by atoms with Crippen molar-refractivity contribution in [1.29, 1.82) is 0 Å². The molecule has 1 aromatic heterocycles. The number of aromatic nitrogens is 2. The number of rotatable bonds is 9. The molecule has 0 aliphatic rings. The molecule has 34 heavy (non-hydrogen) atoms. The van der Waals surface area contributed by atoms with Crippen LogP contribution in [0, 0.1) is 5.82 Å². The Labute approximate surface area is 196 Å². The Balaban J connectivity index is 1.35. The number of carbonyl (C=O) groups excluding carboxylic acids is 1. The number of aryl methyl sites for hydroxylation is 1. The summed E-state index contributed by atoms with van der Waals surface area (Å²) >= 11 is 0. The highest BCUT2D eigenvalue weighted by Gasteiger charge is 2.08. The summed E-state index contributed by atoms with van der Waals surface area (Å²) in [4.78, 5) is 24.7. The van der Waals surface area contributed by atoms with Crippen LogP contribution >= 0.6 is 0 Å². The zero-order chi connectivity index (χ0) is 23.8. The Morgan fingerprint density at radius 1 is 0.912 bits per heavy atom. The number of amides is 1. The van der Waals surface area contributed by atoms with E-state index in [0.717, 1.165) is 12.8 Å². The summed E-state index contributed by atoms with van der Waals surface area (Å²) in [6.45, 7) is 0.688. The van der Waals surface area contributed by atoms with Gasteiger partial charge in [0, 0.05) is 24.2 Å².